The van der Waals surface area contributed by atoms with Crippen LogP contribution in [0.5, 0.6) is 5.75 Å². The van der Waals surface area contributed by atoms with Gasteiger partial charge in [0.1, 0.15) is 5.75 Å². The number of hydrogen-bond donors (Lipinski definition) is 3. The molecule has 0 unspecified atom stereocenters. The number of carbonyl (C=O) groups excluding carboxylic acids is 1. The van der Waals surface area contributed by atoms with Crippen molar-refractivity contribution in [2.24, 2.45) is 5.41 Å². The summed E-state index contributed by atoms with van der Waals surface area (Å²) in [5.74, 6) is -0.199. The molecule has 0 aromatic heterocycles. The van der Waals surface area contributed by atoms with E-state index in [9.17, 15) is 15.0 Å². The highest BCUT2D eigenvalue weighted by Gasteiger charge is 2.36. The molecule has 1 saturated carbocycles. The van der Waals surface area contributed by atoms with Gasteiger partial charge in [0.2, 0.25) is 0 Å². The molecule has 0 atom stereocenters. The van der Waals surface area contributed by atoms with Crippen LogP contribution in [-0.4, -0.2) is 28.3 Å². The van der Waals surface area contributed by atoms with Crippen molar-refractivity contribution in [3.63, 3.8) is 0 Å². The second-order valence-electron chi connectivity index (χ2n) is 6.62. The van der Waals surface area contributed by atoms with Crippen molar-refractivity contribution in [1.82, 2.24) is 5.32 Å². The fraction of sp³-hybridized carbons (Fsp3) is 0.562. The van der Waals surface area contributed by atoms with Gasteiger partial charge in [-0.2, -0.15) is 0 Å². The highest BCUT2D eigenvalue weighted by Crippen LogP contribution is 2.39. The average Bonchev–Trinajstić information content (AvgIpc) is 2.40. The zero-order valence-electron chi connectivity index (χ0n) is 12.1. The molecule has 1 fully saturated rings. The number of carbonyl (C=O) groups is 1. The summed E-state index contributed by atoms with van der Waals surface area (Å²) in [6.07, 6.45) is 3.34. The van der Waals surface area contributed by atoms with Gasteiger partial charge in [-0.15, -0.1) is 0 Å². The first-order valence-corrected chi connectivity index (χ1v) is 7.09. The molecule has 4 heteroatoms. The molecule has 20 heavy (non-hydrogen) atoms. The second-order valence-corrected chi connectivity index (χ2v) is 6.62. The first kappa shape index (κ1) is 14.9. The Morgan fingerprint density at radius 2 is 1.90 bits per heavy atom. The van der Waals surface area contributed by atoms with Gasteiger partial charge < -0.3 is 15.5 Å². The number of nitrogens with one attached hydrogen (secondary N) is 1. The van der Waals surface area contributed by atoms with E-state index in [2.05, 4.69) is 19.2 Å². The van der Waals surface area contributed by atoms with E-state index in [4.69, 9.17) is 0 Å². The Morgan fingerprint density at radius 3 is 2.50 bits per heavy atom. The van der Waals surface area contributed by atoms with Crippen LogP contribution in [0.25, 0.3) is 0 Å². The maximum atomic E-state index is 12.0. The van der Waals surface area contributed by atoms with Crippen molar-refractivity contribution in [3.05, 3.63) is 29.8 Å². The number of aromatic hydroxyl groups is 1. The summed E-state index contributed by atoms with van der Waals surface area (Å²) in [6.45, 7) is 4.67. The van der Waals surface area contributed by atoms with E-state index in [1.54, 1.807) is 12.1 Å². The standard InChI is InChI=1S/C16H23NO3/c1-15(2)6-8-16(20,9-7-15)11-17-14(19)12-4-3-5-13(18)10-12/h3-5,10,18,20H,6-9,11H2,1-2H3,(H,17,19). The molecule has 0 saturated heterocycles. The molecule has 4 nitrogen and oxygen atoms in total. The van der Waals surface area contributed by atoms with Crippen molar-refractivity contribution in [3.8, 4) is 5.75 Å². The predicted octanol–water partition coefficient (Wildman–Crippen LogP) is 2.45. The average molecular weight is 277 g/mol. The van der Waals surface area contributed by atoms with Crippen molar-refractivity contribution in [2.75, 3.05) is 6.54 Å². The summed E-state index contributed by atoms with van der Waals surface area (Å²) >= 11 is 0. The highest BCUT2D eigenvalue weighted by molar-refractivity contribution is 5.94. The molecule has 2 rings (SSSR count). The number of aliphatic hydroxyl groups is 1. The lowest BCUT2D eigenvalue weighted by Crippen LogP contribution is -2.46. The van der Waals surface area contributed by atoms with Crippen molar-refractivity contribution < 1.29 is 15.0 Å². The number of rotatable bonds is 3. The van der Waals surface area contributed by atoms with E-state index in [0.29, 0.717) is 18.4 Å². The molecule has 0 spiro atoms. The van der Waals surface area contributed by atoms with Crippen LogP contribution in [0.2, 0.25) is 0 Å². The maximum Gasteiger partial charge on any atom is 0.251 e. The molecule has 1 amide bonds. The molecule has 0 heterocycles. The minimum Gasteiger partial charge on any atom is -0.508 e. The normalized spacial score (nSPS) is 20.4. The summed E-state index contributed by atoms with van der Waals surface area (Å²) in [7, 11) is 0. The van der Waals surface area contributed by atoms with E-state index in [1.165, 1.54) is 12.1 Å². The Kier molecular flexibility index (Phi) is 4.04. The van der Waals surface area contributed by atoms with E-state index in [1.807, 2.05) is 0 Å². The lowest BCUT2D eigenvalue weighted by molar-refractivity contribution is -0.0233. The van der Waals surface area contributed by atoms with Crippen LogP contribution < -0.4 is 5.32 Å². The molecular weight excluding hydrogens is 254 g/mol. The molecule has 1 aromatic carbocycles. The van der Waals surface area contributed by atoms with E-state index >= 15 is 0 Å². The zero-order valence-corrected chi connectivity index (χ0v) is 12.1. The summed E-state index contributed by atoms with van der Waals surface area (Å²) in [5, 5.41) is 22.6. The Morgan fingerprint density at radius 1 is 1.25 bits per heavy atom. The quantitative estimate of drug-likeness (QED) is 0.795. The zero-order chi connectivity index (χ0) is 14.8. The smallest absolute Gasteiger partial charge is 0.251 e. The van der Waals surface area contributed by atoms with Crippen LogP contribution in [0, 0.1) is 5.41 Å². The fourth-order valence-corrected chi connectivity index (χ4v) is 2.56. The summed E-state index contributed by atoms with van der Waals surface area (Å²) in [4.78, 5) is 12.0. The van der Waals surface area contributed by atoms with Crippen LogP contribution in [-0.2, 0) is 0 Å². The van der Waals surface area contributed by atoms with Gasteiger partial charge >= 0.3 is 0 Å². The van der Waals surface area contributed by atoms with E-state index in [0.717, 1.165) is 12.8 Å². The van der Waals surface area contributed by atoms with Gasteiger partial charge in [0.15, 0.2) is 0 Å². The number of hydrogen-bond acceptors (Lipinski definition) is 3. The molecule has 0 bridgehead atoms. The van der Waals surface area contributed by atoms with E-state index < -0.39 is 5.60 Å². The fourth-order valence-electron chi connectivity index (χ4n) is 2.56. The predicted molar refractivity (Wildman–Crippen MR) is 77.6 cm³/mol. The van der Waals surface area contributed by atoms with Gasteiger partial charge in [-0.05, 0) is 49.3 Å². The van der Waals surface area contributed by atoms with Crippen LogP contribution in [0.3, 0.4) is 0 Å². The lowest BCUT2D eigenvalue weighted by atomic mass is 9.71. The molecule has 1 aromatic rings. The monoisotopic (exact) mass is 277 g/mol. The number of amides is 1. The van der Waals surface area contributed by atoms with Gasteiger partial charge in [-0.1, -0.05) is 19.9 Å². The van der Waals surface area contributed by atoms with Crippen LogP contribution in [0.4, 0.5) is 0 Å². The van der Waals surface area contributed by atoms with Crippen LogP contribution >= 0.6 is 0 Å². The Hall–Kier alpha value is -1.55. The molecule has 110 valence electrons. The van der Waals surface area contributed by atoms with Crippen molar-refractivity contribution in [1.29, 1.82) is 0 Å². The minimum absolute atomic E-state index is 0.0655. The maximum absolute atomic E-state index is 12.0. The van der Waals surface area contributed by atoms with Crippen molar-refractivity contribution >= 4 is 5.91 Å². The number of phenols is 1. The molecule has 3 N–H and O–H groups in total. The Bertz CT molecular complexity index is 486. The lowest BCUT2D eigenvalue weighted by Gasteiger charge is -2.40. The number of phenolic OH excluding ortho intramolecular Hbond substituents is 1. The first-order valence-electron chi connectivity index (χ1n) is 7.09. The third-order valence-electron chi connectivity index (χ3n) is 4.22. The van der Waals surface area contributed by atoms with Gasteiger partial charge in [0.05, 0.1) is 5.60 Å². The molecule has 1 aliphatic rings. The van der Waals surface area contributed by atoms with Gasteiger partial charge in [-0.3, -0.25) is 4.79 Å². The summed E-state index contributed by atoms with van der Waals surface area (Å²) in [5.41, 5.74) is -0.117. The highest BCUT2D eigenvalue weighted by atomic mass is 16.3. The minimum atomic E-state index is -0.804. The number of benzene rings is 1. The second kappa shape index (κ2) is 5.44. The SMILES string of the molecule is CC1(C)CCC(O)(CNC(=O)c2cccc(O)c2)CC1. The Labute approximate surface area is 119 Å². The summed E-state index contributed by atoms with van der Waals surface area (Å²) in [6, 6.07) is 6.21. The van der Waals surface area contributed by atoms with Gasteiger partial charge in [0.25, 0.3) is 5.91 Å². The van der Waals surface area contributed by atoms with Gasteiger partial charge in [-0.25, -0.2) is 0 Å². The molecule has 0 radical (unpaired) electrons. The molecular formula is C16H23NO3. The van der Waals surface area contributed by atoms with Crippen LogP contribution in [0.15, 0.2) is 24.3 Å². The van der Waals surface area contributed by atoms with Crippen LogP contribution in [0.1, 0.15) is 49.9 Å². The molecule has 1 aliphatic carbocycles. The van der Waals surface area contributed by atoms with E-state index in [-0.39, 0.29) is 23.6 Å². The topological polar surface area (TPSA) is 69.6 Å². The first-order chi connectivity index (χ1) is 9.30. The third kappa shape index (κ3) is 3.73. The largest absolute Gasteiger partial charge is 0.508 e. The molecule has 0 aliphatic heterocycles. The van der Waals surface area contributed by atoms with Gasteiger partial charge in [0, 0.05) is 12.1 Å². The Balaban J connectivity index is 1.90. The van der Waals surface area contributed by atoms with Crippen molar-refractivity contribution in [2.45, 2.75) is 45.1 Å². The third-order valence-corrected chi connectivity index (χ3v) is 4.22. The summed E-state index contributed by atoms with van der Waals surface area (Å²) < 4.78 is 0.